The average Bonchev–Trinajstić information content (AvgIpc) is 2.57. The molecule has 0 atom stereocenters. The van der Waals surface area contributed by atoms with Crippen LogP contribution in [0.1, 0.15) is 11.1 Å². The summed E-state index contributed by atoms with van der Waals surface area (Å²) < 4.78 is 26.8. The predicted molar refractivity (Wildman–Crippen MR) is 87.7 cm³/mol. The van der Waals surface area contributed by atoms with Gasteiger partial charge in [0.05, 0.1) is 0 Å². The second-order valence-electron chi connectivity index (χ2n) is 4.32. The topological polar surface area (TPSA) is 44.8 Å². The first-order chi connectivity index (χ1) is 10.6. The van der Waals surface area contributed by atoms with Gasteiger partial charge in [-0.2, -0.15) is 0 Å². The van der Waals surface area contributed by atoms with Gasteiger partial charge in [0.1, 0.15) is 6.26 Å². The lowest BCUT2D eigenvalue weighted by atomic mass is 9.99. The van der Waals surface area contributed by atoms with Crippen molar-refractivity contribution in [2.24, 2.45) is 0 Å². The molecule has 0 fully saturated rings. The third-order valence-corrected chi connectivity index (χ3v) is 4.50. The molecule has 2 aromatic carbocycles. The summed E-state index contributed by atoms with van der Waals surface area (Å²) in [6, 6.07) is 16.8. The molecule has 22 heavy (non-hydrogen) atoms. The third-order valence-electron chi connectivity index (χ3n) is 2.99. The van der Waals surface area contributed by atoms with Gasteiger partial charge in [0, 0.05) is 24.8 Å². The minimum Gasteiger partial charge on any atom is -0.411 e. The van der Waals surface area contributed by atoms with E-state index < -0.39 is 7.82 Å². The summed E-state index contributed by atoms with van der Waals surface area (Å²) in [7, 11) is -1.05. The Hall–Kier alpha value is -1.58. The van der Waals surface area contributed by atoms with Crippen LogP contribution in [-0.4, -0.2) is 14.2 Å². The molecule has 0 amide bonds. The first-order valence-corrected chi connectivity index (χ1v) is 8.33. The van der Waals surface area contributed by atoms with Crippen molar-refractivity contribution in [2.75, 3.05) is 14.2 Å². The fourth-order valence-corrected chi connectivity index (χ4v) is 2.51. The van der Waals surface area contributed by atoms with Gasteiger partial charge in [-0.05, 0) is 23.3 Å². The number of halogens is 1. The number of benzene rings is 2. The van der Waals surface area contributed by atoms with E-state index >= 15 is 0 Å². The first-order valence-electron chi connectivity index (χ1n) is 6.49. The molecule has 0 bridgehead atoms. The minimum atomic E-state index is -3.59. The average molecular weight is 339 g/mol. The highest BCUT2D eigenvalue weighted by Gasteiger charge is 2.23. The second kappa shape index (κ2) is 7.61. The van der Waals surface area contributed by atoms with Gasteiger partial charge in [0.15, 0.2) is 0 Å². The zero-order chi connectivity index (χ0) is 16.0. The number of rotatable bonds is 6. The van der Waals surface area contributed by atoms with Crippen molar-refractivity contribution in [3.05, 3.63) is 77.0 Å². The Kier molecular flexibility index (Phi) is 5.81. The van der Waals surface area contributed by atoms with Crippen LogP contribution in [0, 0.1) is 0 Å². The summed E-state index contributed by atoms with van der Waals surface area (Å²) in [6.45, 7) is 0. The molecule has 0 heterocycles. The van der Waals surface area contributed by atoms with E-state index in [1.165, 1.54) is 20.5 Å². The molecule has 0 aliphatic carbocycles. The molecule has 0 unspecified atom stereocenters. The molecule has 2 aromatic rings. The van der Waals surface area contributed by atoms with E-state index in [0.29, 0.717) is 5.02 Å². The Morgan fingerprint density at radius 1 is 0.955 bits per heavy atom. The van der Waals surface area contributed by atoms with Gasteiger partial charge in [0.2, 0.25) is 0 Å². The Balaban J connectivity index is 2.42. The Morgan fingerprint density at radius 2 is 1.50 bits per heavy atom. The largest absolute Gasteiger partial charge is 0.528 e. The number of phosphoric acid groups is 1. The molecule has 2 rings (SSSR count). The van der Waals surface area contributed by atoms with E-state index in [1.54, 1.807) is 12.1 Å². The van der Waals surface area contributed by atoms with Crippen molar-refractivity contribution in [3.8, 4) is 0 Å². The molecular formula is C16H16ClO4P. The lowest BCUT2D eigenvalue weighted by Gasteiger charge is -2.14. The fraction of sp³-hybridized carbons (Fsp3) is 0.125. The molecule has 0 radical (unpaired) electrons. The van der Waals surface area contributed by atoms with Crippen LogP contribution in [-0.2, 0) is 18.1 Å². The third kappa shape index (κ3) is 4.21. The van der Waals surface area contributed by atoms with Crippen molar-refractivity contribution < 1.29 is 18.1 Å². The summed E-state index contributed by atoms with van der Waals surface area (Å²) in [5.74, 6) is 0. The zero-order valence-electron chi connectivity index (χ0n) is 12.2. The molecule has 0 aliphatic rings. The maximum absolute atomic E-state index is 12.0. The predicted octanol–water partition coefficient (Wildman–Crippen LogP) is 5.15. The Bertz CT molecular complexity index is 675. The summed E-state index contributed by atoms with van der Waals surface area (Å²) in [5.41, 5.74) is 2.52. The normalized spacial score (nSPS) is 12.2. The quantitative estimate of drug-likeness (QED) is 0.540. The molecule has 4 nitrogen and oxygen atoms in total. The summed E-state index contributed by atoms with van der Waals surface area (Å²) in [4.78, 5) is 0. The Morgan fingerprint density at radius 3 is 2.05 bits per heavy atom. The molecule has 0 saturated carbocycles. The van der Waals surface area contributed by atoms with Gasteiger partial charge in [-0.3, -0.25) is 9.05 Å². The second-order valence-corrected chi connectivity index (χ2v) is 6.59. The molecular weight excluding hydrogens is 323 g/mol. The lowest BCUT2D eigenvalue weighted by molar-refractivity contribution is 0.194. The highest BCUT2D eigenvalue weighted by molar-refractivity contribution is 7.48. The molecule has 0 saturated heterocycles. The van der Waals surface area contributed by atoms with Crippen molar-refractivity contribution in [2.45, 2.75) is 0 Å². The summed E-state index contributed by atoms with van der Waals surface area (Å²) in [6.07, 6.45) is 1.38. The van der Waals surface area contributed by atoms with E-state index in [0.717, 1.165) is 16.7 Å². The van der Waals surface area contributed by atoms with E-state index in [2.05, 4.69) is 0 Å². The number of hydrogen-bond donors (Lipinski definition) is 0. The van der Waals surface area contributed by atoms with Gasteiger partial charge < -0.3 is 4.52 Å². The maximum atomic E-state index is 12.0. The minimum absolute atomic E-state index is 0.636. The van der Waals surface area contributed by atoms with Gasteiger partial charge in [0.25, 0.3) is 0 Å². The summed E-state index contributed by atoms with van der Waals surface area (Å²) >= 11 is 5.92. The zero-order valence-corrected chi connectivity index (χ0v) is 13.9. The van der Waals surface area contributed by atoms with Crippen LogP contribution in [0.2, 0.25) is 5.02 Å². The Labute approximate surface area is 134 Å². The van der Waals surface area contributed by atoms with Crippen LogP contribution in [0.4, 0.5) is 0 Å². The van der Waals surface area contributed by atoms with Crippen molar-refractivity contribution in [3.63, 3.8) is 0 Å². The SMILES string of the molecule is COP(=O)(OC)O/C=C(\c1ccccc1)c1ccc(Cl)cc1. The molecule has 0 N–H and O–H groups in total. The lowest BCUT2D eigenvalue weighted by Crippen LogP contribution is -1.93. The fourth-order valence-electron chi connectivity index (χ4n) is 1.83. The van der Waals surface area contributed by atoms with E-state index in [4.69, 9.17) is 25.2 Å². The first kappa shape index (κ1) is 16.8. The molecule has 6 heteroatoms. The summed E-state index contributed by atoms with van der Waals surface area (Å²) in [5, 5.41) is 0.636. The highest BCUT2D eigenvalue weighted by atomic mass is 35.5. The van der Waals surface area contributed by atoms with E-state index in [9.17, 15) is 4.57 Å². The van der Waals surface area contributed by atoms with Crippen LogP contribution < -0.4 is 0 Å². The van der Waals surface area contributed by atoms with Crippen LogP contribution in [0.15, 0.2) is 60.9 Å². The van der Waals surface area contributed by atoms with Crippen LogP contribution in [0.3, 0.4) is 0 Å². The van der Waals surface area contributed by atoms with Gasteiger partial charge in [-0.15, -0.1) is 0 Å². The van der Waals surface area contributed by atoms with Crippen LogP contribution in [0.25, 0.3) is 5.57 Å². The molecule has 0 spiro atoms. The highest BCUT2D eigenvalue weighted by Crippen LogP contribution is 2.48. The smallest absolute Gasteiger partial charge is 0.411 e. The van der Waals surface area contributed by atoms with Gasteiger partial charge in [-0.1, -0.05) is 54.1 Å². The maximum Gasteiger partial charge on any atom is 0.528 e. The van der Waals surface area contributed by atoms with Gasteiger partial charge in [-0.25, -0.2) is 4.57 Å². The van der Waals surface area contributed by atoms with Crippen molar-refractivity contribution in [1.82, 2.24) is 0 Å². The number of phosphoric ester groups is 1. The number of hydrogen-bond acceptors (Lipinski definition) is 4. The van der Waals surface area contributed by atoms with Crippen molar-refractivity contribution in [1.29, 1.82) is 0 Å². The molecule has 116 valence electrons. The standard InChI is InChI=1S/C16H16ClO4P/c1-19-22(18,20-2)21-12-16(13-6-4-3-5-7-13)14-8-10-15(17)11-9-14/h3-12H,1-2H3/b16-12+. The van der Waals surface area contributed by atoms with E-state index in [1.807, 2.05) is 42.5 Å². The van der Waals surface area contributed by atoms with Gasteiger partial charge >= 0.3 is 7.82 Å². The van der Waals surface area contributed by atoms with Crippen LogP contribution in [0.5, 0.6) is 0 Å². The monoisotopic (exact) mass is 338 g/mol. The van der Waals surface area contributed by atoms with E-state index in [-0.39, 0.29) is 0 Å². The molecule has 0 aliphatic heterocycles. The van der Waals surface area contributed by atoms with Crippen molar-refractivity contribution >= 4 is 25.0 Å². The van der Waals surface area contributed by atoms with Crippen LogP contribution >= 0.6 is 19.4 Å². The molecule has 0 aromatic heterocycles.